The van der Waals surface area contributed by atoms with Crippen LogP contribution in [-0.2, 0) is 0 Å². The Morgan fingerprint density at radius 2 is 1.94 bits per heavy atom. The summed E-state index contributed by atoms with van der Waals surface area (Å²) in [6.45, 7) is 0.929. The molecule has 1 amide bonds. The van der Waals surface area contributed by atoms with Crippen molar-refractivity contribution in [3.8, 4) is 0 Å². The lowest BCUT2D eigenvalue weighted by Gasteiger charge is -2.37. The van der Waals surface area contributed by atoms with Gasteiger partial charge in [0.05, 0.1) is 12.2 Å². The third-order valence-corrected chi connectivity index (χ3v) is 5.84. The van der Waals surface area contributed by atoms with Gasteiger partial charge in [0.2, 0.25) is 0 Å². The van der Waals surface area contributed by atoms with Crippen LogP contribution >= 0.6 is 0 Å². The van der Waals surface area contributed by atoms with Crippen molar-refractivity contribution >= 4 is 11.7 Å². The number of carbonyl (C=O) groups excluding carboxylic acids is 1. The predicted molar refractivity (Wildman–Crippen MR) is 102 cm³/mol. The van der Waals surface area contributed by atoms with Gasteiger partial charge in [0.25, 0.3) is 17.6 Å². The fraction of sp³-hybridized carbons (Fsp3) is 0.429. The highest BCUT2D eigenvalue weighted by molar-refractivity contribution is 5.94. The van der Waals surface area contributed by atoms with Gasteiger partial charge < -0.3 is 4.90 Å². The van der Waals surface area contributed by atoms with E-state index in [1.54, 1.807) is 13.0 Å². The van der Waals surface area contributed by atoms with Gasteiger partial charge in [-0.25, -0.2) is 27.1 Å². The summed E-state index contributed by atoms with van der Waals surface area (Å²) in [4.78, 5) is 22.3. The number of aromatic nitrogens is 4. The molecule has 31 heavy (non-hydrogen) atoms. The zero-order valence-electron chi connectivity index (χ0n) is 16.7. The molecule has 1 aliphatic carbocycles. The number of halogens is 4. The second-order valence-corrected chi connectivity index (χ2v) is 8.37. The lowest BCUT2D eigenvalue weighted by atomic mass is 9.91. The molecule has 1 aliphatic heterocycles. The first-order valence-corrected chi connectivity index (χ1v) is 10.1. The van der Waals surface area contributed by atoms with Crippen LogP contribution in [0.5, 0.6) is 0 Å². The van der Waals surface area contributed by atoms with Crippen molar-refractivity contribution in [2.24, 2.45) is 0 Å². The van der Waals surface area contributed by atoms with E-state index in [0.29, 0.717) is 24.2 Å². The molecule has 1 unspecified atom stereocenters. The molecule has 0 spiro atoms. The molecule has 5 rings (SSSR count). The van der Waals surface area contributed by atoms with E-state index in [9.17, 15) is 22.4 Å². The number of piperidine rings is 1. The van der Waals surface area contributed by atoms with E-state index < -0.39 is 42.3 Å². The molecule has 3 aromatic rings. The van der Waals surface area contributed by atoms with Gasteiger partial charge in [-0.1, -0.05) is 0 Å². The molecule has 1 saturated carbocycles. The average Bonchev–Trinajstić information content (AvgIpc) is 3.44. The average molecular weight is 433 g/mol. The Hall–Kier alpha value is -3.04. The molecule has 1 saturated heterocycles. The lowest BCUT2D eigenvalue weighted by Crippen LogP contribution is -2.49. The molecule has 3 heterocycles. The van der Waals surface area contributed by atoms with Crippen LogP contribution in [-0.4, -0.2) is 49.4 Å². The highest BCUT2D eigenvalue weighted by Crippen LogP contribution is 2.42. The predicted octanol–water partition coefficient (Wildman–Crippen LogP) is 3.85. The maximum absolute atomic E-state index is 14.7. The standard InChI is InChI=1S/C21H19F4N5O/c1-11-4-17(30-20(28-11)26-10-27-30)14-7-21(24,25)9-29(8-14)19(31)13-5-15(12-2-3-12)18(23)16(22)6-13/h4-6,10,12,14H,2-3,7-9H2,1H3. The maximum atomic E-state index is 14.7. The number of hydrogen-bond acceptors (Lipinski definition) is 4. The number of fused-ring (bicyclic) bond motifs is 1. The van der Waals surface area contributed by atoms with E-state index in [0.717, 1.165) is 11.0 Å². The van der Waals surface area contributed by atoms with Gasteiger partial charge in [-0.15, -0.1) is 0 Å². The van der Waals surface area contributed by atoms with Crippen LogP contribution in [0.25, 0.3) is 5.78 Å². The number of rotatable bonds is 3. The summed E-state index contributed by atoms with van der Waals surface area (Å²) in [5.74, 6) is -6.57. The molecule has 162 valence electrons. The normalized spacial score (nSPS) is 20.9. The molecule has 2 fully saturated rings. The first-order valence-electron chi connectivity index (χ1n) is 10.1. The van der Waals surface area contributed by atoms with Gasteiger partial charge in [0, 0.05) is 30.1 Å². The van der Waals surface area contributed by atoms with Crippen molar-refractivity contribution in [2.45, 2.75) is 43.9 Å². The molecular formula is C21H19F4N5O. The second kappa shape index (κ2) is 7.00. The zero-order valence-corrected chi connectivity index (χ0v) is 16.7. The van der Waals surface area contributed by atoms with E-state index in [1.165, 1.54) is 16.9 Å². The van der Waals surface area contributed by atoms with Crippen LogP contribution in [0.4, 0.5) is 17.6 Å². The van der Waals surface area contributed by atoms with Crippen molar-refractivity contribution in [1.82, 2.24) is 24.5 Å². The minimum absolute atomic E-state index is 0.00933. The van der Waals surface area contributed by atoms with Crippen molar-refractivity contribution in [3.63, 3.8) is 0 Å². The minimum atomic E-state index is -3.15. The summed E-state index contributed by atoms with van der Waals surface area (Å²) in [5, 5.41) is 4.07. The van der Waals surface area contributed by atoms with Crippen LogP contribution < -0.4 is 0 Å². The Labute approximate surface area is 174 Å². The van der Waals surface area contributed by atoms with E-state index in [1.807, 2.05) is 0 Å². The van der Waals surface area contributed by atoms with Crippen molar-refractivity contribution < 1.29 is 22.4 Å². The monoisotopic (exact) mass is 433 g/mol. The number of likely N-dealkylation sites (tertiary alicyclic amines) is 1. The zero-order chi connectivity index (χ0) is 21.9. The highest BCUT2D eigenvalue weighted by Gasteiger charge is 2.44. The molecule has 10 heteroatoms. The van der Waals surface area contributed by atoms with E-state index in [4.69, 9.17) is 0 Å². The number of alkyl halides is 2. The van der Waals surface area contributed by atoms with Gasteiger partial charge in [0.1, 0.15) is 6.33 Å². The SMILES string of the molecule is Cc1cc(C2CN(C(=O)c3cc(F)c(F)c(C4CC4)c3)CC(F)(F)C2)n2ncnc2n1. The third-order valence-electron chi connectivity index (χ3n) is 5.84. The Balaban J connectivity index is 1.50. The molecule has 1 atom stereocenters. The van der Waals surface area contributed by atoms with Crippen molar-refractivity contribution in [3.05, 3.63) is 58.7 Å². The Morgan fingerprint density at radius 1 is 1.16 bits per heavy atom. The van der Waals surface area contributed by atoms with E-state index >= 15 is 0 Å². The Bertz CT molecular complexity index is 1190. The van der Waals surface area contributed by atoms with Crippen LogP contribution in [0, 0.1) is 18.6 Å². The second-order valence-electron chi connectivity index (χ2n) is 8.37. The summed E-state index contributed by atoms with van der Waals surface area (Å²) in [6.07, 6.45) is 2.25. The van der Waals surface area contributed by atoms with Gasteiger partial charge in [0.15, 0.2) is 11.6 Å². The summed E-state index contributed by atoms with van der Waals surface area (Å²) in [7, 11) is 0. The van der Waals surface area contributed by atoms with Crippen LogP contribution in [0.1, 0.15) is 58.4 Å². The Morgan fingerprint density at radius 3 is 2.68 bits per heavy atom. The molecular weight excluding hydrogens is 414 g/mol. The van der Waals surface area contributed by atoms with Gasteiger partial charge in [-0.05, 0) is 49.4 Å². The molecule has 2 aliphatic rings. The molecule has 0 radical (unpaired) electrons. The smallest absolute Gasteiger partial charge is 0.266 e. The Kier molecular flexibility index (Phi) is 4.49. The molecule has 6 nitrogen and oxygen atoms in total. The molecule has 2 aromatic heterocycles. The largest absolute Gasteiger partial charge is 0.332 e. The number of carbonyl (C=O) groups is 1. The minimum Gasteiger partial charge on any atom is -0.332 e. The number of aryl methyl sites for hydroxylation is 1. The molecule has 0 bridgehead atoms. The number of amides is 1. The van der Waals surface area contributed by atoms with Gasteiger partial charge in [-0.2, -0.15) is 10.1 Å². The first-order chi connectivity index (χ1) is 14.7. The number of benzene rings is 1. The summed E-state index contributed by atoms with van der Waals surface area (Å²) in [6, 6.07) is 3.74. The van der Waals surface area contributed by atoms with E-state index in [2.05, 4.69) is 15.1 Å². The summed E-state index contributed by atoms with van der Waals surface area (Å²) < 4.78 is 58.9. The van der Waals surface area contributed by atoms with E-state index in [-0.39, 0.29) is 29.4 Å². The number of nitrogens with zero attached hydrogens (tertiary/aromatic N) is 5. The van der Waals surface area contributed by atoms with Crippen LogP contribution in [0.3, 0.4) is 0 Å². The lowest BCUT2D eigenvalue weighted by molar-refractivity contribution is -0.0641. The first kappa shape index (κ1) is 19.9. The van der Waals surface area contributed by atoms with Crippen molar-refractivity contribution in [1.29, 1.82) is 0 Å². The fourth-order valence-electron chi connectivity index (χ4n) is 4.31. The quantitative estimate of drug-likeness (QED) is 0.589. The van der Waals surface area contributed by atoms with Crippen LogP contribution in [0.2, 0.25) is 0 Å². The number of hydrogen-bond donors (Lipinski definition) is 0. The van der Waals surface area contributed by atoms with Gasteiger partial charge in [-0.3, -0.25) is 4.79 Å². The summed E-state index contributed by atoms with van der Waals surface area (Å²) >= 11 is 0. The van der Waals surface area contributed by atoms with Crippen LogP contribution in [0.15, 0.2) is 24.5 Å². The molecule has 0 N–H and O–H groups in total. The summed E-state index contributed by atoms with van der Waals surface area (Å²) in [5.41, 5.74) is 1.09. The topological polar surface area (TPSA) is 63.4 Å². The third kappa shape index (κ3) is 3.64. The maximum Gasteiger partial charge on any atom is 0.266 e. The fourth-order valence-corrected chi connectivity index (χ4v) is 4.31. The highest BCUT2D eigenvalue weighted by atomic mass is 19.3. The van der Waals surface area contributed by atoms with Gasteiger partial charge >= 0.3 is 0 Å². The molecule has 1 aromatic carbocycles. The van der Waals surface area contributed by atoms with Crippen molar-refractivity contribution in [2.75, 3.05) is 13.1 Å².